The molecule has 0 aliphatic heterocycles. The minimum Gasteiger partial charge on any atom is -0.493 e. The lowest BCUT2D eigenvalue weighted by Crippen LogP contribution is -2.32. The molecule has 0 unspecified atom stereocenters. The van der Waals surface area contributed by atoms with E-state index in [1.54, 1.807) is 21.1 Å². The van der Waals surface area contributed by atoms with Gasteiger partial charge in [0.1, 0.15) is 5.75 Å². The lowest BCUT2D eigenvalue weighted by Gasteiger charge is -2.15. The molecule has 28 heavy (non-hydrogen) atoms. The Morgan fingerprint density at radius 2 is 2.00 bits per heavy atom. The molecule has 0 heterocycles. The van der Waals surface area contributed by atoms with Crippen molar-refractivity contribution in [2.45, 2.75) is 26.7 Å². The van der Waals surface area contributed by atoms with Crippen LogP contribution >= 0.6 is 0 Å². The number of sulfonamides is 1. The Bertz CT molecular complexity index is 695. The van der Waals surface area contributed by atoms with Crippen LogP contribution in [-0.4, -0.2) is 71.4 Å². The molecule has 160 valence electrons. The molecular weight excluding hydrogens is 380 g/mol. The first-order valence-corrected chi connectivity index (χ1v) is 11.2. The van der Waals surface area contributed by atoms with Crippen molar-refractivity contribution in [1.29, 1.82) is 0 Å². The van der Waals surface area contributed by atoms with Gasteiger partial charge in [-0.1, -0.05) is 6.07 Å². The van der Waals surface area contributed by atoms with E-state index in [0.29, 0.717) is 38.7 Å². The molecule has 2 N–H and O–H groups in total. The third kappa shape index (κ3) is 9.38. The van der Waals surface area contributed by atoms with E-state index in [4.69, 9.17) is 9.47 Å². The molecule has 0 aromatic heterocycles. The summed E-state index contributed by atoms with van der Waals surface area (Å²) in [6.45, 7) is 6.60. The van der Waals surface area contributed by atoms with Gasteiger partial charge in [-0.3, -0.25) is 4.99 Å². The minimum absolute atomic E-state index is 0.112. The van der Waals surface area contributed by atoms with Crippen molar-refractivity contribution in [3.63, 3.8) is 0 Å². The Labute approximate surface area is 169 Å². The predicted octanol–water partition coefficient (Wildman–Crippen LogP) is 2.15. The molecule has 1 rings (SSSR count). The van der Waals surface area contributed by atoms with Crippen molar-refractivity contribution in [2.75, 3.05) is 58.1 Å². The van der Waals surface area contributed by atoms with E-state index >= 15 is 0 Å². The summed E-state index contributed by atoms with van der Waals surface area (Å²) in [6.07, 6.45) is 1.48. The zero-order valence-electron chi connectivity index (χ0n) is 17.4. The number of ether oxygens (including phenoxy) is 2. The molecule has 0 spiro atoms. The Kier molecular flexibility index (Phi) is 11.5. The van der Waals surface area contributed by atoms with E-state index in [0.717, 1.165) is 24.4 Å². The smallest absolute Gasteiger partial charge is 0.213 e. The van der Waals surface area contributed by atoms with Crippen molar-refractivity contribution in [2.24, 2.45) is 4.99 Å². The highest BCUT2D eigenvalue weighted by Crippen LogP contribution is 2.17. The number of hydrogen-bond donors (Lipinski definition) is 2. The van der Waals surface area contributed by atoms with Crippen molar-refractivity contribution < 1.29 is 17.9 Å². The average molecular weight is 415 g/mol. The topological polar surface area (TPSA) is 92.3 Å². The van der Waals surface area contributed by atoms with Gasteiger partial charge in [0.2, 0.25) is 10.0 Å². The highest BCUT2D eigenvalue weighted by atomic mass is 32.2. The molecule has 1 aromatic carbocycles. The molecule has 8 nitrogen and oxygen atoms in total. The van der Waals surface area contributed by atoms with Gasteiger partial charge in [-0.25, -0.2) is 12.7 Å². The van der Waals surface area contributed by atoms with Crippen molar-refractivity contribution in [1.82, 2.24) is 9.62 Å². The van der Waals surface area contributed by atoms with E-state index < -0.39 is 10.0 Å². The first-order chi connectivity index (χ1) is 13.4. The average Bonchev–Trinajstić information content (AvgIpc) is 2.68. The summed E-state index contributed by atoms with van der Waals surface area (Å²) in [5.41, 5.74) is 0.870. The molecule has 9 heteroatoms. The van der Waals surface area contributed by atoms with Gasteiger partial charge in [0.15, 0.2) is 5.96 Å². The lowest BCUT2D eigenvalue weighted by molar-refractivity contribution is 0.172. The van der Waals surface area contributed by atoms with Gasteiger partial charge < -0.3 is 20.1 Å². The number of rotatable bonds is 13. The molecule has 0 atom stereocenters. The summed E-state index contributed by atoms with van der Waals surface area (Å²) < 4.78 is 35.6. The highest BCUT2D eigenvalue weighted by Gasteiger charge is 2.13. The number of hydrogen-bond acceptors (Lipinski definition) is 5. The van der Waals surface area contributed by atoms with Gasteiger partial charge >= 0.3 is 0 Å². The van der Waals surface area contributed by atoms with Gasteiger partial charge in [0, 0.05) is 58.6 Å². The van der Waals surface area contributed by atoms with Crippen LogP contribution < -0.4 is 15.4 Å². The number of aliphatic imine (C=N–C) groups is 1. The van der Waals surface area contributed by atoms with Gasteiger partial charge in [0.25, 0.3) is 0 Å². The van der Waals surface area contributed by atoms with E-state index in [1.165, 1.54) is 4.31 Å². The van der Waals surface area contributed by atoms with Crippen LogP contribution in [0.4, 0.5) is 5.69 Å². The van der Waals surface area contributed by atoms with Crippen LogP contribution in [-0.2, 0) is 14.8 Å². The Morgan fingerprint density at radius 3 is 2.68 bits per heavy atom. The molecule has 0 saturated heterocycles. The highest BCUT2D eigenvalue weighted by molar-refractivity contribution is 7.89. The molecule has 0 amide bonds. The second-order valence-electron chi connectivity index (χ2n) is 6.18. The van der Waals surface area contributed by atoms with Crippen LogP contribution in [0.5, 0.6) is 5.75 Å². The largest absolute Gasteiger partial charge is 0.493 e. The fraction of sp³-hybridized carbons (Fsp3) is 0.632. The Hall–Kier alpha value is -1.84. The number of anilines is 1. The van der Waals surface area contributed by atoms with Crippen LogP contribution in [0, 0.1) is 0 Å². The third-order valence-electron chi connectivity index (χ3n) is 3.94. The van der Waals surface area contributed by atoms with Gasteiger partial charge in [0.05, 0.1) is 12.4 Å². The molecule has 0 fully saturated rings. The van der Waals surface area contributed by atoms with Gasteiger partial charge in [-0.05, 0) is 32.4 Å². The summed E-state index contributed by atoms with van der Waals surface area (Å²) in [5, 5.41) is 6.44. The number of benzene rings is 1. The number of methoxy groups -OCH3 is 1. The van der Waals surface area contributed by atoms with E-state index in [-0.39, 0.29) is 5.75 Å². The van der Waals surface area contributed by atoms with Crippen LogP contribution in [0.1, 0.15) is 26.7 Å². The minimum atomic E-state index is -3.14. The van der Waals surface area contributed by atoms with Crippen molar-refractivity contribution in [3.8, 4) is 5.75 Å². The maximum atomic E-state index is 11.8. The summed E-state index contributed by atoms with van der Waals surface area (Å²) in [7, 11) is 0.133. The van der Waals surface area contributed by atoms with E-state index in [2.05, 4.69) is 15.6 Å². The molecule has 1 aromatic rings. The quantitative estimate of drug-likeness (QED) is 0.292. The maximum Gasteiger partial charge on any atom is 0.213 e. The Morgan fingerprint density at radius 1 is 1.21 bits per heavy atom. The summed E-state index contributed by atoms with van der Waals surface area (Å²) in [5.74, 6) is 1.55. The summed E-state index contributed by atoms with van der Waals surface area (Å²) >= 11 is 0. The van der Waals surface area contributed by atoms with E-state index in [9.17, 15) is 8.42 Å². The fourth-order valence-electron chi connectivity index (χ4n) is 2.34. The normalized spacial score (nSPS) is 12.2. The third-order valence-corrected chi connectivity index (χ3v) is 5.81. The van der Waals surface area contributed by atoms with Crippen LogP contribution in [0.2, 0.25) is 0 Å². The maximum absolute atomic E-state index is 11.8. The zero-order chi connectivity index (χ0) is 20.8. The van der Waals surface area contributed by atoms with Crippen LogP contribution in [0.3, 0.4) is 0 Å². The van der Waals surface area contributed by atoms with Crippen LogP contribution in [0.15, 0.2) is 29.3 Å². The molecule has 0 bridgehead atoms. The first kappa shape index (κ1) is 24.2. The first-order valence-electron chi connectivity index (χ1n) is 9.64. The standard InChI is InChI=1S/C19H34N4O4S/c1-5-20-19(21-12-8-13-23(3)28(24,25)6-2)22-17-10-7-11-18(16-17)27-15-9-14-26-4/h7,10-11,16H,5-6,8-9,12-15H2,1-4H3,(H2,20,21,22). The molecule has 0 saturated carbocycles. The van der Waals surface area contributed by atoms with Gasteiger partial charge in [-0.15, -0.1) is 0 Å². The number of nitrogens with one attached hydrogen (secondary N) is 2. The molecular formula is C19H34N4O4S. The number of nitrogens with zero attached hydrogens (tertiary/aromatic N) is 2. The SMILES string of the molecule is CCNC(=NCCCN(C)S(=O)(=O)CC)Nc1cccc(OCCCOC)c1. The number of guanidine groups is 1. The Balaban J connectivity index is 2.58. The second-order valence-corrected chi connectivity index (χ2v) is 8.55. The molecule has 0 radical (unpaired) electrons. The second kappa shape index (κ2) is 13.4. The van der Waals surface area contributed by atoms with E-state index in [1.807, 2.05) is 31.2 Å². The monoisotopic (exact) mass is 414 g/mol. The fourth-order valence-corrected chi connectivity index (χ4v) is 3.19. The lowest BCUT2D eigenvalue weighted by atomic mass is 10.3. The zero-order valence-corrected chi connectivity index (χ0v) is 18.2. The van der Waals surface area contributed by atoms with Crippen LogP contribution in [0.25, 0.3) is 0 Å². The molecule has 0 aliphatic rings. The van der Waals surface area contributed by atoms with Crippen molar-refractivity contribution >= 4 is 21.7 Å². The summed E-state index contributed by atoms with van der Waals surface area (Å²) in [6, 6.07) is 7.69. The summed E-state index contributed by atoms with van der Waals surface area (Å²) in [4.78, 5) is 4.52. The molecule has 0 aliphatic carbocycles. The predicted molar refractivity (Wildman–Crippen MR) is 115 cm³/mol. The van der Waals surface area contributed by atoms with Crippen molar-refractivity contribution in [3.05, 3.63) is 24.3 Å². The van der Waals surface area contributed by atoms with Gasteiger partial charge in [-0.2, -0.15) is 0 Å².